The van der Waals surface area contributed by atoms with Crippen LogP contribution < -0.4 is 0 Å². The second-order valence-electron chi connectivity index (χ2n) is 6.49. The summed E-state index contributed by atoms with van der Waals surface area (Å²) in [6.45, 7) is 5.79. The zero-order chi connectivity index (χ0) is 12.6. The molecule has 2 saturated heterocycles. The summed E-state index contributed by atoms with van der Waals surface area (Å²) in [4.78, 5) is 16.1. The summed E-state index contributed by atoms with van der Waals surface area (Å²) in [5.41, 5.74) is 0.128. The Morgan fingerprint density at radius 3 is 2.78 bits per heavy atom. The van der Waals surface area contributed by atoms with E-state index in [-0.39, 0.29) is 5.41 Å². The molecule has 4 nitrogen and oxygen atoms in total. The molecule has 3 aliphatic rings. The number of hydrogen-bond donors (Lipinski definition) is 1. The third-order valence-electron chi connectivity index (χ3n) is 4.96. The van der Waals surface area contributed by atoms with Gasteiger partial charge < -0.3 is 5.11 Å². The van der Waals surface area contributed by atoms with Crippen LogP contribution in [0, 0.1) is 5.41 Å². The van der Waals surface area contributed by atoms with Gasteiger partial charge in [0.1, 0.15) is 0 Å². The molecule has 18 heavy (non-hydrogen) atoms. The molecule has 3 fully saturated rings. The van der Waals surface area contributed by atoms with E-state index in [1.54, 1.807) is 0 Å². The lowest BCUT2D eigenvalue weighted by atomic mass is 9.97. The van der Waals surface area contributed by atoms with Crippen LogP contribution >= 0.6 is 0 Å². The van der Waals surface area contributed by atoms with Crippen molar-refractivity contribution in [3.63, 3.8) is 0 Å². The number of carboxylic acid groups (broad SMARTS) is 1. The molecule has 0 amide bonds. The van der Waals surface area contributed by atoms with E-state index in [1.807, 2.05) is 0 Å². The largest absolute Gasteiger partial charge is 0.481 e. The number of piperidine rings is 1. The maximum Gasteiger partial charge on any atom is 0.303 e. The number of carboxylic acids is 1. The van der Waals surface area contributed by atoms with Crippen LogP contribution in [0.15, 0.2) is 0 Å². The summed E-state index contributed by atoms with van der Waals surface area (Å²) in [5, 5.41) is 8.98. The second-order valence-corrected chi connectivity index (χ2v) is 6.49. The third kappa shape index (κ3) is 2.69. The molecule has 2 aliphatic heterocycles. The maximum atomic E-state index is 10.9. The summed E-state index contributed by atoms with van der Waals surface area (Å²) >= 11 is 0. The van der Waals surface area contributed by atoms with Crippen LogP contribution in [0.25, 0.3) is 0 Å². The molecular weight excluding hydrogens is 228 g/mol. The van der Waals surface area contributed by atoms with Crippen LogP contribution in [0.2, 0.25) is 0 Å². The van der Waals surface area contributed by atoms with Crippen molar-refractivity contribution >= 4 is 5.97 Å². The van der Waals surface area contributed by atoms with E-state index in [9.17, 15) is 4.79 Å². The van der Waals surface area contributed by atoms with Crippen molar-refractivity contribution < 1.29 is 9.90 Å². The molecule has 2 heterocycles. The van der Waals surface area contributed by atoms with Crippen molar-refractivity contribution in [2.45, 2.75) is 44.6 Å². The van der Waals surface area contributed by atoms with Crippen molar-refractivity contribution in [3.05, 3.63) is 0 Å². The van der Waals surface area contributed by atoms with Crippen molar-refractivity contribution in [2.24, 2.45) is 5.41 Å². The predicted octanol–water partition coefficient (Wildman–Crippen LogP) is 1.41. The van der Waals surface area contributed by atoms with Crippen LogP contribution in [-0.4, -0.2) is 59.6 Å². The van der Waals surface area contributed by atoms with E-state index in [0.717, 1.165) is 32.0 Å². The Balaban J connectivity index is 1.53. The molecule has 3 rings (SSSR count). The van der Waals surface area contributed by atoms with Crippen LogP contribution in [0.1, 0.15) is 38.5 Å². The Labute approximate surface area is 109 Å². The molecule has 1 saturated carbocycles. The Morgan fingerprint density at radius 1 is 1.22 bits per heavy atom. The van der Waals surface area contributed by atoms with Gasteiger partial charge in [0.25, 0.3) is 0 Å². The van der Waals surface area contributed by atoms with Crippen LogP contribution in [0.4, 0.5) is 0 Å². The zero-order valence-corrected chi connectivity index (χ0v) is 11.1. The first-order valence-electron chi connectivity index (χ1n) is 7.35. The lowest BCUT2D eigenvalue weighted by molar-refractivity contribution is -0.138. The highest BCUT2D eigenvalue weighted by Crippen LogP contribution is 2.49. The van der Waals surface area contributed by atoms with E-state index in [4.69, 9.17) is 5.11 Å². The summed E-state index contributed by atoms with van der Waals surface area (Å²) < 4.78 is 0. The molecule has 0 aromatic carbocycles. The van der Waals surface area contributed by atoms with E-state index in [2.05, 4.69) is 9.80 Å². The molecule has 1 N–H and O–H groups in total. The molecule has 0 aromatic heterocycles. The minimum absolute atomic E-state index is 0.128. The summed E-state index contributed by atoms with van der Waals surface area (Å²) in [6, 6.07) is 0.744. The number of fused-ring (bicyclic) bond motifs is 1. The number of carbonyl (C=O) groups is 1. The van der Waals surface area contributed by atoms with Crippen LogP contribution in [0.3, 0.4) is 0 Å². The van der Waals surface area contributed by atoms with Gasteiger partial charge in [-0.3, -0.25) is 14.6 Å². The van der Waals surface area contributed by atoms with Gasteiger partial charge in [-0.05, 0) is 37.6 Å². The maximum absolute atomic E-state index is 10.9. The van der Waals surface area contributed by atoms with Gasteiger partial charge in [0.15, 0.2) is 0 Å². The average molecular weight is 252 g/mol. The van der Waals surface area contributed by atoms with E-state index < -0.39 is 5.97 Å². The van der Waals surface area contributed by atoms with Gasteiger partial charge in [0.2, 0.25) is 0 Å². The highest BCUT2D eigenvalue weighted by Gasteiger charge is 2.46. The summed E-state index contributed by atoms with van der Waals surface area (Å²) in [5.74, 6) is -0.621. The van der Waals surface area contributed by atoms with Crippen LogP contribution in [-0.2, 0) is 4.79 Å². The van der Waals surface area contributed by atoms with Gasteiger partial charge in [-0.25, -0.2) is 0 Å². The first kappa shape index (κ1) is 12.4. The quantitative estimate of drug-likeness (QED) is 0.821. The van der Waals surface area contributed by atoms with Crippen molar-refractivity contribution in [1.82, 2.24) is 9.80 Å². The minimum atomic E-state index is -0.621. The molecule has 4 heteroatoms. The lowest BCUT2D eigenvalue weighted by Gasteiger charge is -2.45. The molecule has 1 unspecified atom stereocenters. The summed E-state index contributed by atoms with van der Waals surface area (Å²) in [7, 11) is 0. The Hall–Kier alpha value is -0.610. The van der Waals surface area contributed by atoms with E-state index in [0.29, 0.717) is 6.42 Å². The number of piperazine rings is 1. The Morgan fingerprint density at radius 2 is 2.06 bits per heavy atom. The zero-order valence-electron chi connectivity index (χ0n) is 11.1. The van der Waals surface area contributed by atoms with Crippen LogP contribution in [0.5, 0.6) is 0 Å². The highest BCUT2D eigenvalue weighted by molar-refractivity contribution is 5.68. The number of nitrogens with zero attached hydrogens (tertiary/aromatic N) is 2. The summed E-state index contributed by atoms with van der Waals surface area (Å²) in [6.07, 6.45) is 6.67. The van der Waals surface area contributed by atoms with E-state index in [1.165, 1.54) is 38.9 Å². The van der Waals surface area contributed by atoms with Crippen molar-refractivity contribution in [1.29, 1.82) is 0 Å². The van der Waals surface area contributed by atoms with E-state index >= 15 is 0 Å². The molecule has 0 spiro atoms. The molecule has 1 atom stereocenters. The lowest BCUT2D eigenvalue weighted by Crippen LogP contribution is -2.55. The van der Waals surface area contributed by atoms with Gasteiger partial charge in [0.05, 0.1) is 6.42 Å². The minimum Gasteiger partial charge on any atom is -0.481 e. The Bertz CT molecular complexity index is 328. The molecule has 1 aliphatic carbocycles. The van der Waals surface area contributed by atoms with Gasteiger partial charge in [-0.1, -0.05) is 6.42 Å². The highest BCUT2D eigenvalue weighted by atomic mass is 16.4. The fourth-order valence-corrected chi connectivity index (χ4v) is 3.73. The number of hydrogen-bond acceptors (Lipinski definition) is 3. The standard InChI is InChI=1S/C14H24N2O2/c17-13(18)9-14(4-5-14)11-15-7-8-16-6-2-1-3-12(16)10-15/h12H,1-11H2,(H,17,18). The van der Waals surface area contributed by atoms with Crippen molar-refractivity contribution in [2.75, 3.05) is 32.7 Å². The monoisotopic (exact) mass is 252 g/mol. The number of rotatable bonds is 4. The molecule has 102 valence electrons. The fraction of sp³-hybridized carbons (Fsp3) is 0.929. The average Bonchev–Trinajstić information content (AvgIpc) is 3.07. The molecule has 0 aromatic rings. The van der Waals surface area contributed by atoms with Gasteiger partial charge in [-0.15, -0.1) is 0 Å². The molecule has 0 bridgehead atoms. The third-order valence-corrected chi connectivity index (χ3v) is 4.96. The normalized spacial score (nSPS) is 31.9. The topological polar surface area (TPSA) is 43.8 Å². The first-order chi connectivity index (χ1) is 8.67. The van der Waals surface area contributed by atoms with Gasteiger partial charge in [0, 0.05) is 32.2 Å². The first-order valence-corrected chi connectivity index (χ1v) is 7.35. The number of aliphatic carboxylic acids is 1. The predicted molar refractivity (Wildman–Crippen MR) is 69.6 cm³/mol. The molecule has 0 radical (unpaired) electrons. The smallest absolute Gasteiger partial charge is 0.303 e. The second kappa shape index (κ2) is 4.82. The van der Waals surface area contributed by atoms with Crippen molar-refractivity contribution in [3.8, 4) is 0 Å². The van der Waals surface area contributed by atoms with Gasteiger partial charge >= 0.3 is 5.97 Å². The SMILES string of the molecule is O=C(O)CC1(CN2CCN3CCCCC3C2)CC1. The Kier molecular flexibility index (Phi) is 3.32. The fourth-order valence-electron chi connectivity index (χ4n) is 3.73. The molecular formula is C14H24N2O2. The van der Waals surface area contributed by atoms with Gasteiger partial charge in [-0.2, -0.15) is 0 Å².